The van der Waals surface area contributed by atoms with E-state index in [1.165, 1.54) is 31.4 Å². The summed E-state index contributed by atoms with van der Waals surface area (Å²) in [6.45, 7) is 7.22. The van der Waals surface area contributed by atoms with Crippen molar-refractivity contribution in [2.24, 2.45) is 0 Å². The summed E-state index contributed by atoms with van der Waals surface area (Å²) >= 11 is 0. The summed E-state index contributed by atoms with van der Waals surface area (Å²) < 4.78 is 5.81. The molecule has 1 aromatic rings. The summed E-state index contributed by atoms with van der Waals surface area (Å²) in [4.78, 5) is 6.66. The molecule has 1 aliphatic heterocycles. The molecule has 0 saturated carbocycles. The van der Waals surface area contributed by atoms with Crippen molar-refractivity contribution in [1.29, 1.82) is 0 Å². The number of hydrogen-bond acceptors (Lipinski definition) is 4. The molecular formula is C16H27N3O. The largest absolute Gasteiger partial charge is 0.492 e. The van der Waals surface area contributed by atoms with Gasteiger partial charge in [-0.3, -0.25) is 4.98 Å². The van der Waals surface area contributed by atoms with E-state index < -0.39 is 0 Å². The first-order valence-electron chi connectivity index (χ1n) is 7.93. The van der Waals surface area contributed by atoms with E-state index in [-0.39, 0.29) is 0 Å². The number of piperazine rings is 1. The van der Waals surface area contributed by atoms with Gasteiger partial charge in [0.1, 0.15) is 5.75 Å². The number of anilines is 1. The molecule has 112 valence electrons. The number of unbranched alkanes of at least 4 members (excludes halogenated alkanes) is 4. The zero-order chi connectivity index (χ0) is 14.0. The summed E-state index contributed by atoms with van der Waals surface area (Å²) in [7, 11) is 0. The van der Waals surface area contributed by atoms with Crippen molar-refractivity contribution < 1.29 is 4.74 Å². The van der Waals surface area contributed by atoms with Gasteiger partial charge < -0.3 is 15.0 Å². The van der Waals surface area contributed by atoms with Gasteiger partial charge in [0.05, 0.1) is 24.7 Å². The van der Waals surface area contributed by atoms with Crippen molar-refractivity contribution >= 4 is 5.69 Å². The number of ether oxygens (including phenoxy) is 1. The molecular weight excluding hydrogens is 250 g/mol. The summed E-state index contributed by atoms with van der Waals surface area (Å²) in [5, 5.41) is 3.36. The van der Waals surface area contributed by atoms with Crippen molar-refractivity contribution in [1.82, 2.24) is 10.3 Å². The molecule has 4 nitrogen and oxygen atoms in total. The molecule has 2 rings (SSSR count). The van der Waals surface area contributed by atoms with Crippen LogP contribution in [0.15, 0.2) is 18.5 Å². The maximum atomic E-state index is 5.81. The normalized spacial score (nSPS) is 15.3. The van der Waals surface area contributed by atoms with Crippen molar-refractivity contribution in [2.75, 3.05) is 37.7 Å². The Morgan fingerprint density at radius 3 is 2.75 bits per heavy atom. The third kappa shape index (κ3) is 5.00. The second kappa shape index (κ2) is 8.80. The maximum Gasteiger partial charge on any atom is 0.139 e. The summed E-state index contributed by atoms with van der Waals surface area (Å²) in [6, 6.07) is 2.12. The predicted molar refractivity (Wildman–Crippen MR) is 83.6 cm³/mol. The third-order valence-electron chi connectivity index (χ3n) is 3.70. The fraction of sp³-hybridized carbons (Fsp3) is 0.688. The molecule has 1 N–H and O–H groups in total. The number of nitrogens with zero attached hydrogens (tertiary/aromatic N) is 2. The molecule has 0 unspecified atom stereocenters. The number of hydrogen-bond donors (Lipinski definition) is 1. The van der Waals surface area contributed by atoms with Gasteiger partial charge in [0, 0.05) is 32.2 Å². The highest BCUT2D eigenvalue weighted by atomic mass is 16.5. The van der Waals surface area contributed by atoms with E-state index in [9.17, 15) is 0 Å². The molecule has 1 aromatic heterocycles. The van der Waals surface area contributed by atoms with Crippen LogP contribution in [0.5, 0.6) is 5.75 Å². The Morgan fingerprint density at radius 2 is 1.95 bits per heavy atom. The molecule has 0 atom stereocenters. The fourth-order valence-electron chi connectivity index (χ4n) is 2.48. The van der Waals surface area contributed by atoms with E-state index in [0.29, 0.717) is 0 Å². The van der Waals surface area contributed by atoms with E-state index in [0.717, 1.165) is 45.0 Å². The van der Waals surface area contributed by atoms with Crippen LogP contribution in [0.25, 0.3) is 0 Å². The zero-order valence-electron chi connectivity index (χ0n) is 12.6. The molecule has 4 heteroatoms. The molecule has 0 bridgehead atoms. The average Bonchev–Trinajstić information content (AvgIpc) is 2.52. The van der Waals surface area contributed by atoms with Crippen LogP contribution in [0.1, 0.15) is 39.0 Å². The SMILES string of the molecule is CCCCCCCOc1cncc(N2CCNCC2)c1. The van der Waals surface area contributed by atoms with Crippen LogP contribution < -0.4 is 15.0 Å². The minimum atomic E-state index is 0.802. The topological polar surface area (TPSA) is 37.4 Å². The quantitative estimate of drug-likeness (QED) is 0.741. The Kier molecular flexibility index (Phi) is 6.64. The molecule has 1 fully saturated rings. The minimum Gasteiger partial charge on any atom is -0.492 e. The lowest BCUT2D eigenvalue weighted by molar-refractivity contribution is 0.303. The third-order valence-corrected chi connectivity index (χ3v) is 3.70. The van der Waals surface area contributed by atoms with Gasteiger partial charge >= 0.3 is 0 Å². The van der Waals surface area contributed by atoms with Crippen molar-refractivity contribution in [3.05, 3.63) is 18.5 Å². The van der Waals surface area contributed by atoms with Gasteiger partial charge in [-0.25, -0.2) is 0 Å². The lowest BCUT2D eigenvalue weighted by Gasteiger charge is -2.29. The van der Waals surface area contributed by atoms with Gasteiger partial charge in [-0.05, 0) is 6.42 Å². The lowest BCUT2D eigenvalue weighted by Crippen LogP contribution is -2.43. The molecule has 20 heavy (non-hydrogen) atoms. The van der Waals surface area contributed by atoms with Crippen LogP contribution >= 0.6 is 0 Å². The van der Waals surface area contributed by atoms with E-state index in [1.807, 2.05) is 12.4 Å². The average molecular weight is 277 g/mol. The number of nitrogens with one attached hydrogen (secondary N) is 1. The summed E-state index contributed by atoms with van der Waals surface area (Å²) in [5.74, 6) is 0.900. The van der Waals surface area contributed by atoms with Crippen molar-refractivity contribution in [3.63, 3.8) is 0 Å². The van der Waals surface area contributed by atoms with E-state index in [4.69, 9.17) is 4.74 Å². The molecule has 1 aliphatic rings. The number of pyridine rings is 1. The van der Waals surface area contributed by atoms with Crippen molar-refractivity contribution in [3.8, 4) is 5.75 Å². The van der Waals surface area contributed by atoms with Gasteiger partial charge in [0.2, 0.25) is 0 Å². The Labute approximate surface area is 122 Å². The summed E-state index contributed by atoms with van der Waals surface area (Å²) in [5.41, 5.74) is 1.18. The highest BCUT2D eigenvalue weighted by Gasteiger charge is 2.11. The van der Waals surface area contributed by atoms with Crippen LogP contribution in [0.2, 0.25) is 0 Å². The monoisotopic (exact) mass is 277 g/mol. The molecule has 2 heterocycles. The number of rotatable bonds is 8. The zero-order valence-corrected chi connectivity index (χ0v) is 12.6. The highest BCUT2D eigenvalue weighted by Crippen LogP contribution is 2.20. The molecule has 0 aliphatic carbocycles. The Hall–Kier alpha value is -1.29. The predicted octanol–water partition coefficient (Wildman–Crippen LogP) is 2.84. The van der Waals surface area contributed by atoms with E-state index in [1.54, 1.807) is 0 Å². The van der Waals surface area contributed by atoms with Gasteiger partial charge in [-0.15, -0.1) is 0 Å². The van der Waals surface area contributed by atoms with Crippen LogP contribution in [0.3, 0.4) is 0 Å². The Morgan fingerprint density at radius 1 is 1.15 bits per heavy atom. The second-order valence-corrected chi connectivity index (χ2v) is 5.38. The maximum absolute atomic E-state index is 5.81. The second-order valence-electron chi connectivity index (χ2n) is 5.38. The van der Waals surface area contributed by atoms with Crippen LogP contribution in [0, 0.1) is 0 Å². The van der Waals surface area contributed by atoms with Gasteiger partial charge in [0.15, 0.2) is 0 Å². The van der Waals surface area contributed by atoms with Crippen LogP contribution in [-0.4, -0.2) is 37.8 Å². The first kappa shape index (κ1) is 15.1. The lowest BCUT2D eigenvalue weighted by atomic mass is 10.2. The first-order chi connectivity index (χ1) is 9.90. The molecule has 0 radical (unpaired) electrons. The Bertz CT molecular complexity index is 378. The van der Waals surface area contributed by atoms with Crippen LogP contribution in [0.4, 0.5) is 5.69 Å². The van der Waals surface area contributed by atoms with Crippen LogP contribution in [-0.2, 0) is 0 Å². The number of aromatic nitrogens is 1. The van der Waals surface area contributed by atoms with Gasteiger partial charge in [-0.1, -0.05) is 32.6 Å². The van der Waals surface area contributed by atoms with Gasteiger partial charge in [0.25, 0.3) is 0 Å². The van der Waals surface area contributed by atoms with Gasteiger partial charge in [-0.2, -0.15) is 0 Å². The highest BCUT2D eigenvalue weighted by molar-refractivity contribution is 5.48. The minimum absolute atomic E-state index is 0.802. The van der Waals surface area contributed by atoms with Crippen molar-refractivity contribution in [2.45, 2.75) is 39.0 Å². The Balaban J connectivity index is 1.74. The summed E-state index contributed by atoms with van der Waals surface area (Å²) in [6.07, 6.45) is 10.1. The molecule has 0 spiro atoms. The molecule has 0 amide bonds. The standard InChI is InChI=1S/C16H27N3O/c1-2-3-4-5-6-11-20-16-12-15(13-18-14-16)19-9-7-17-8-10-19/h12-14,17H,2-11H2,1H3. The molecule has 0 aromatic carbocycles. The smallest absolute Gasteiger partial charge is 0.139 e. The van der Waals surface area contributed by atoms with E-state index in [2.05, 4.69) is 28.2 Å². The fourth-order valence-corrected chi connectivity index (χ4v) is 2.48. The molecule has 1 saturated heterocycles. The van der Waals surface area contributed by atoms with E-state index >= 15 is 0 Å². The first-order valence-corrected chi connectivity index (χ1v) is 7.93.